The lowest BCUT2D eigenvalue weighted by atomic mass is 9.78. The van der Waals surface area contributed by atoms with Crippen LogP contribution in [0.4, 0.5) is 0 Å². The predicted molar refractivity (Wildman–Crippen MR) is 107 cm³/mol. The van der Waals surface area contributed by atoms with Gasteiger partial charge in [0.15, 0.2) is 0 Å². The fourth-order valence-electron chi connectivity index (χ4n) is 3.19. The van der Waals surface area contributed by atoms with Crippen molar-refractivity contribution in [3.05, 3.63) is 64.7 Å². The summed E-state index contributed by atoms with van der Waals surface area (Å²) in [5.74, 6) is 0.453. The Labute approximate surface area is 153 Å². The Morgan fingerprint density at radius 3 is 1.64 bits per heavy atom. The molecule has 2 nitrogen and oxygen atoms in total. The summed E-state index contributed by atoms with van der Waals surface area (Å²) in [5, 5.41) is 10.8. The Kier molecular flexibility index (Phi) is 5.63. The van der Waals surface area contributed by atoms with Gasteiger partial charge in [0.2, 0.25) is 0 Å². The summed E-state index contributed by atoms with van der Waals surface area (Å²) >= 11 is 0. The number of hydrogen-bond acceptors (Lipinski definition) is 2. The molecule has 0 bridgehead atoms. The van der Waals surface area contributed by atoms with Crippen LogP contribution in [0.15, 0.2) is 42.5 Å². The van der Waals surface area contributed by atoms with Crippen LogP contribution in [0.3, 0.4) is 0 Å². The molecule has 0 heterocycles. The quantitative estimate of drug-likeness (QED) is 0.781. The van der Waals surface area contributed by atoms with Crippen molar-refractivity contribution in [1.29, 1.82) is 0 Å². The minimum atomic E-state index is -0.0852. The van der Waals surface area contributed by atoms with Gasteiger partial charge in [-0.25, -0.2) is 0 Å². The van der Waals surface area contributed by atoms with Crippen molar-refractivity contribution in [2.75, 3.05) is 7.05 Å². The van der Waals surface area contributed by atoms with Gasteiger partial charge in [0.25, 0.3) is 0 Å². The van der Waals surface area contributed by atoms with Gasteiger partial charge in [0, 0.05) is 13.1 Å². The second-order valence-corrected chi connectivity index (χ2v) is 9.20. The van der Waals surface area contributed by atoms with E-state index in [-0.39, 0.29) is 10.8 Å². The zero-order chi connectivity index (χ0) is 18.8. The van der Waals surface area contributed by atoms with Gasteiger partial charge in [-0.2, -0.15) is 0 Å². The van der Waals surface area contributed by atoms with Gasteiger partial charge in [0.05, 0.1) is 0 Å². The third kappa shape index (κ3) is 5.09. The van der Waals surface area contributed by atoms with Gasteiger partial charge in [0.1, 0.15) is 5.75 Å². The van der Waals surface area contributed by atoms with Crippen molar-refractivity contribution >= 4 is 0 Å². The van der Waals surface area contributed by atoms with Crippen molar-refractivity contribution < 1.29 is 5.11 Å². The molecular weight excluding hydrogens is 306 g/mol. The summed E-state index contributed by atoms with van der Waals surface area (Å²) < 4.78 is 0. The van der Waals surface area contributed by atoms with E-state index < -0.39 is 0 Å². The van der Waals surface area contributed by atoms with Crippen LogP contribution in [-0.4, -0.2) is 17.1 Å². The van der Waals surface area contributed by atoms with Gasteiger partial charge in [-0.1, -0.05) is 84.0 Å². The van der Waals surface area contributed by atoms with Crippen LogP contribution in [-0.2, 0) is 23.9 Å². The molecule has 0 aliphatic carbocycles. The summed E-state index contributed by atoms with van der Waals surface area (Å²) in [6.45, 7) is 14.7. The molecule has 2 rings (SSSR count). The number of phenolic OH excluding ortho intramolecular Hbond substituents is 1. The fourth-order valence-corrected chi connectivity index (χ4v) is 3.19. The molecule has 0 aliphatic heterocycles. The molecule has 1 N–H and O–H groups in total. The molecule has 0 radical (unpaired) electrons. The van der Waals surface area contributed by atoms with E-state index in [0.717, 1.165) is 24.2 Å². The third-order valence-corrected chi connectivity index (χ3v) is 4.53. The first-order chi connectivity index (χ1) is 11.5. The molecule has 0 aliphatic rings. The highest BCUT2D eigenvalue weighted by Gasteiger charge is 2.26. The number of phenols is 1. The Morgan fingerprint density at radius 2 is 1.20 bits per heavy atom. The molecule has 0 unspecified atom stereocenters. The van der Waals surface area contributed by atoms with E-state index in [9.17, 15) is 5.11 Å². The Morgan fingerprint density at radius 1 is 0.760 bits per heavy atom. The van der Waals surface area contributed by atoms with Crippen molar-refractivity contribution in [1.82, 2.24) is 4.90 Å². The van der Waals surface area contributed by atoms with E-state index >= 15 is 0 Å². The van der Waals surface area contributed by atoms with Gasteiger partial charge < -0.3 is 5.11 Å². The lowest BCUT2D eigenvalue weighted by molar-refractivity contribution is 0.318. The minimum Gasteiger partial charge on any atom is -0.507 e. The number of benzene rings is 2. The highest BCUT2D eigenvalue weighted by molar-refractivity contribution is 5.49. The molecular formula is C23H33NO. The van der Waals surface area contributed by atoms with Crippen molar-refractivity contribution in [3.63, 3.8) is 0 Å². The topological polar surface area (TPSA) is 23.5 Å². The molecule has 0 fully saturated rings. The summed E-state index contributed by atoms with van der Waals surface area (Å²) in [5.41, 5.74) is 4.46. The highest BCUT2D eigenvalue weighted by atomic mass is 16.3. The summed E-state index contributed by atoms with van der Waals surface area (Å²) in [6, 6.07) is 14.9. The number of hydrogen-bond donors (Lipinski definition) is 1. The minimum absolute atomic E-state index is 0.0852. The second-order valence-electron chi connectivity index (χ2n) is 9.20. The van der Waals surface area contributed by atoms with E-state index in [1.54, 1.807) is 0 Å². The van der Waals surface area contributed by atoms with Crippen LogP contribution in [0.5, 0.6) is 5.75 Å². The number of rotatable bonds is 4. The maximum absolute atomic E-state index is 10.8. The van der Waals surface area contributed by atoms with Gasteiger partial charge in [-0.3, -0.25) is 4.90 Å². The molecule has 0 atom stereocenters. The lowest BCUT2D eigenvalue weighted by Gasteiger charge is -2.29. The molecule has 2 aromatic carbocycles. The smallest absolute Gasteiger partial charge is 0.123 e. The van der Waals surface area contributed by atoms with Gasteiger partial charge in [-0.05, 0) is 40.1 Å². The summed E-state index contributed by atoms with van der Waals surface area (Å²) in [7, 11) is 2.15. The average molecular weight is 340 g/mol. The third-order valence-electron chi connectivity index (χ3n) is 4.53. The normalized spacial score (nSPS) is 12.6. The molecule has 0 amide bonds. The number of aromatic hydroxyl groups is 1. The highest BCUT2D eigenvalue weighted by Crippen LogP contribution is 2.39. The zero-order valence-electron chi connectivity index (χ0n) is 16.9. The van der Waals surface area contributed by atoms with Crippen LogP contribution in [0.25, 0.3) is 0 Å². The maximum atomic E-state index is 10.8. The van der Waals surface area contributed by atoms with Crippen molar-refractivity contribution in [3.8, 4) is 5.75 Å². The predicted octanol–water partition coefficient (Wildman–Crippen LogP) is 5.62. The average Bonchev–Trinajstić information content (AvgIpc) is 2.47. The first-order valence-electron chi connectivity index (χ1n) is 9.08. The SMILES string of the molecule is CN(Cc1ccccc1)Cc1cc(C(C)(C)C)c(O)c(C(C)(C)C)c1. The number of nitrogens with zero attached hydrogens (tertiary/aromatic N) is 1. The first kappa shape index (κ1) is 19.5. The van der Waals surface area contributed by atoms with Gasteiger partial charge in [-0.15, -0.1) is 0 Å². The van der Waals surface area contributed by atoms with E-state index in [1.165, 1.54) is 11.1 Å². The maximum Gasteiger partial charge on any atom is 0.123 e. The van der Waals surface area contributed by atoms with E-state index in [1.807, 2.05) is 0 Å². The van der Waals surface area contributed by atoms with Crippen molar-refractivity contribution in [2.24, 2.45) is 0 Å². The Balaban J connectivity index is 2.34. The standard InChI is InChI=1S/C23H33NO/c1-22(2,3)19-13-18(14-20(21(19)25)23(4,5)6)16-24(7)15-17-11-9-8-10-12-17/h8-14,25H,15-16H2,1-7H3. The molecule has 0 saturated heterocycles. The van der Waals surface area contributed by atoms with E-state index in [0.29, 0.717) is 5.75 Å². The lowest BCUT2D eigenvalue weighted by Crippen LogP contribution is -2.21. The monoisotopic (exact) mass is 339 g/mol. The summed E-state index contributed by atoms with van der Waals surface area (Å²) in [4.78, 5) is 2.32. The molecule has 25 heavy (non-hydrogen) atoms. The van der Waals surface area contributed by atoms with Crippen LogP contribution < -0.4 is 0 Å². The van der Waals surface area contributed by atoms with Crippen LogP contribution in [0, 0.1) is 0 Å². The largest absolute Gasteiger partial charge is 0.507 e. The van der Waals surface area contributed by atoms with Gasteiger partial charge >= 0.3 is 0 Å². The molecule has 136 valence electrons. The molecule has 2 aromatic rings. The summed E-state index contributed by atoms with van der Waals surface area (Å²) in [6.07, 6.45) is 0. The van der Waals surface area contributed by atoms with Crippen LogP contribution >= 0.6 is 0 Å². The molecule has 0 saturated carbocycles. The van der Waals surface area contributed by atoms with E-state index in [2.05, 4.69) is 96.0 Å². The van der Waals surface area contributed by atoms with E-state index in [4.69, 9.17) is 0 Å². The Hall–Kier alpha value is -1.80. The molecule has 2 heteroatoms. The van der Waals surface area contributed by atoms with Crippen LogP contribution in [0.2, 0.25) is 0 Å². The first-order valence-corrected chi connectivity index (χ1v) is 9.08. The molecule has 0 spiro atoms. The Bertz CT molecular complexity index is 670. The van der Waals surface area contributed by atoms with Crippen molar-refractivity contribution in [2.45, 2.75) is 65.5 Å². The fraction of sp³-hybridized carbons (Fsp3) is 0.478. The van der Waals surface area contributed by atoms with Crippen LogP contribution in [0.1, 0.15) is 63.8 Å². The zero-order valence-corrected chi connectivity index (χ0v) is 16.9. The second kappa shape index (κ2) is 7.21. The molecule has 0 aromatic heterocycles.